The van der Waals surface area contributed by atoms with Crippen LogP contribution in [0.1, 0.15) is 27.0 Å². The molecule has 0 fully saturated rings. The number of benzene rings is 2. The monoisotopic (exact) mass is 353 g/mol. The number of hydrogen-bond donors (Lipinski definition) is 1. The average Bonchev–Trinajstić information content (AvgIpc) is 2.94. The second kappa shape index (κ2) is 4.51. The SMILES string of the molecule is O=C1OC2(C(=O)Nc3cc(C(F)(F)F)ccc32)c2cc(Cl)ccc21. The van der Waals surface area contributed by atoms with E-state index in [0.717, 1.165) is 18.2 Å². The molecule has 4 rings (SSSR count). The van der Waals surface area contributed by atoms with Crippen molar-refractivity contribution in [3.63, 3.8) is 0 Å². The molecule has 1 amide bonds. The minimum absolute atomic E-state index is 0.0459. The molecule has 24 heavy (non-hydrogen) atoms. The molecule has 1 N–H and O–H groups in total. The fraction of sp³-hybridized carbons (Fsp3) is 0.125. The van der Waals surface area contributed by atoms with E-state index in [1.807, 2.05) is 0 Å². The summed E-state index contributed by atoms with van der Waals surface area (Å²) >= 11 is 5.95. The molecule has 0 saturated carbocycles. The Kier molecular flexibility index (Phi) is 2.82. The molecule has 0 aliphatic carbocycles. The van der Waals surface area contributed by atoms with E-state index in [-0.39, 0.29) is 27.4 Å². The lowest BCUT2D eigenvalue weighted by Crippen LogP contribution is -2.35. The van der Waals surface area contributed by atoms with Crippen molar-refractivity contribution in [3.8, 4) is 0 Å². The zero-order chi connectivity index (χ0) is 17.3. The van der Waals surface area contributed by atoms with Crippen LogP contribution < -0.4 is 5.32 Å². The molecule has 8 heteroatoms. The smallest absolute Gasteiger partial charge is 0.416 e. The summed E-state index contributed by atoms with van der Waals surface area (Å²) in [6.07, 6.45) is -4.55. The van der Waals surface area contributed by atoms with E-state index < -0.39 is 29.2 Å². The first-order valence-corrected chi connectivity index (χ1v) is 7.18. The lowest BCUT2D eigenvalue weighted by Gasteiger charge is -2.21. The van der Waals surface area contributed by atoms with Gasteiger partial charge in [-0.3, -0.25) is 4.79 Å². The van der Waals surface area contributed by atoms with Crippen molar-refractivity contribution in [2.24, 2.45) is 0 Å². The summed E-state index contributed by atoms with van der Waals surface area (Å²) in [5, 5.41) is 2.64. The van der Waals surface area contributed by atoms with Gasteiger partial charge in [-0.2, -0.15) is 13.2 Å². The van der Waals surface area contributed by atoms with E-state index in [9.17, 15) is 22.8 Å². The maximum Gasteiger partial charge on any atom is 0.416 e. The highest BCUT2D eigenvalue weighted by molar-refractivity contribution is 6.31. The Balaban J connectivity index is 1.96. The van der Waals surface area contributed by atoms with Crippen molar-refractivity contribution in [2.45, 2.75) is 11.8 Å². The highest BCUT2D eigenvalue weighted by atomic mass is 35.5. The molecule has 2 heterocycles. The van der Waals surface area contributed by atoms with Crippen LogP contribution in [0.15, 0.2) is 36.4 Å². The van der Waals surface area contributed by atoms with Crippen molar-refractivity contribution >= 4 is 29.2 Å². The van der Waals surface area contributed by atoms with Gasteiger partial charge in [0.1, 0.15) is 0 Å². The maximum absolute atomic E-state index is 12.9. The van der Waals surface area contributed by atoms with Gasteiger partial charge in [0.2, 0.25) is 5.60 Å². The van der Waals surface area contributed by atoms with Crippen molar-refractivity contribution < 1.29 is 27.5 Å². The number of nitrogens with one attached hydrogen (secondary N) is 1. The fourth-order valence-corrected chi connectivity index (χ4v) is 3.24. The molecule has 1 unspecified atom stereocenters. The molecular weight excluding hydrogens is 347 g/mol. The summed E-state index contributed by atoms with van der Waals surface area (Å²) < 4.78 is 43.9. The van der Waals surface area contributed by atoms with Crippen LogP contribution >= 0.6 is 11.6 Å². The number of alkyl halides is 3. The third-order valence-electron chi connectivity index (χ3n) is 4.12. The summed E-state index contributed by atoms with van der Waals surface area (Å²) in [6, 6.07) is 7.11. The van der Waals surface area contributed by atoms with Crippen LogP contribution in [0.3, 0.4) is 0 Å². The van der Waals surface area contributed by atoms with Crippen molar-refractivity contribution in [1.29, 1.82) is 0 Å². The Labute approximate surface area is 138 Å². The first-order chi connectivity index (χ1) is 11.2. The standard InChI is InChI=1S/C16H7ClF3NO3/c17-8-2-3-9-11(6-8)15(24-13(9)22)10-4-1-7(16(18,19)20)5-12(10)21-14(15)23/h1-6H,(H,21,23). The molecule has 0 bridgehead atoms. The summed E-state index contributed by atoms with van der Waals surface area (Å²) in [4.78, 5) is 24.6. The van der Waals surface area contributed by atoms with Crippen molar-refractivity contribution in [3.05, 3.63) is 63.7 Å². The maximum atomic E-state index is 12.9. The van der Waals surface area contributed by atoms with E-state index in [4.69, 9.17) is 16.3 Å². The summed E-state index contributed by atoms with van der Waals surface area (Å²) in [7, 11) is 0. The highest BCUT2D eigenvalue weighted by Crippen LogP contribution is 2.50. The zero-order valence-electron chi connectivity index (χ0n) is 11.7. The van der Waals surface area contributed by atoms with Gasteiger partial charge in [-0.15, -0.1) is 0 Å². The van der Waals surface area contributed by atoms with E-state index in [1.165, 1.54) is 18.2 Å². The van der Waals surface area contributed by atoms with E-state index >= 15 is 0 Å². The van der Waals surface area contributed by atoms with Gasteiger partial charge in [0.25, 0.3) is 5.91 Å². The molecule has 4 nitrogen and oxygen atoms in total. The molecule has 2 aromatic carbocycles. The average molecular weight is 354 g/mol. The second-order valence-corrected chi connectivity index (χ2v) is 5.91. The first kappa shape index (κ1) is 15.0. The van der Waals surface area contributed by atoms with E-state index in [2.05, 4.69) is 5.32 Å². The topological polar surface area (TPSA) is 55.4 Å². The minimum atomic E-state index is -4.55. The van der Waals surface area contributed by atoms with E-state index in [0.29, 0.717) is 0 Å². The highest BCUT2D eigenvalue weighted by Gasteiger charge is 2.58. The fourth-order valence-electron chi connectivity index (χ4n) is 3.07. The number of carbonyl (C=O) groups excluding carboxylic acids is 2. The summed E-state index contributed by atoms with van der Waals surface area (Å²) in [5.41, 5.74) is -2.24. The van der Waals surface area contributed by atoms with Crippen molar-refractivity contribution in [1.82, 2.24) is 0 Å². The predicted octanol–water partition coefficient (Wildman–Crippen LogP) is 3.72. The number of halogens is 4. The normalized spacial score (nSPS) is 21.5. The number of ether oxygens (including phenoxy) is 1. The van der Waals surface area contributed by atoms with Crippen molar-refractivity contribution in [2.75, 3.05) is 5.32 Å². The number of amides is 1. The zero-order valence-corrected chi connectivity index (χ0v) is 12.5. The van der Waals surface area contributed by atoms with Crippen LogP contribution in [0.25, 0.3) is 0 Å². The lowest BCUT2D eigenvalue weighted by molar-refractivity contribution is -0.137. The summed E-state index contributed by atoms with van der Waals surface area (Å²) in [6.45, 7) is 0. The molecule has 2 aromatic rings. The molecule has 1 atom stereocenters. The molecule has 1 spiro atoms. The van der Waals surface area contributed by atoms with Gasteiger partial charge in [0.05, 0.1) is 11.1 Å². The van der Waals surface area contributed by atoms with Crippen LogP contribution in [0.2, 0.25) is 5.02 Å². The molecule has 0 aromatic heterocycles. The number of fused-ring (bicyclic) bond motifs is 4. The van der Waals surface area contributed by atoms with Crippen LogP contribution in [0.4, 0.5) is 18.9 Å². The summed E-state index contributed by atoms with van der Waals surface area (Å²) in [5.74, 6) is -1.46. The van der Waals surface area contributed by atoms with Gasteiger partial charge in [-0.05, 0) is 30.3 Å². The van der Waals surface area contributed by atoms with Gasteiger partial charge in [0.15, 0.2) is 0 Å². The van der Waals surface area contributed by atoms with Gasteiger partial charge in [-0.1, -0.05) is 17.7 Å². The third-order valence-corrected chi connectivity index (χ3v) is 4.36. The lowest BCUT2D eigenvalue weighted by atomic mass is 9.86. The Morgan fingerprint density at radius 1 is 1.04 bits per heavy atom. The molecule has 0 saturated heterocycles. The predicted molar refractivity (Wildman–Crippen MR) is 77.7 cm³/mol. The number of esters is 1. The number of anilines is 1. The van der Waals surface area contributed by atoms with Gasteiger partial charge < -0.3 is 10.1 Å². The quantitative estimate of drug-likeness (QED) is 0.734. The Hall–Kier alpha value is -2.54. The Bertz CT molecular complexity index is 925. The first-order valence-electron chi connectivity index (χ1n) is 6.80. The minimum Gasteiger partial charge on any atom is -0.435 e. The molecule has 2 aliphatic rings. The van der Waals surface area contributed by atoms with Gasteiger partial charge in [-0.25, -0.2) is 4.79 Å². The van der Waals surface area contributed by atoms with Crippen LogP contribution in [0, 0.1) is 0 Å². The molecule has 2 aliphatic heterocycles. The number of hydrogen-bond acceptors (Lipinski definition) is 3. The van der Waals surface area contributed by atoms with Crippen LogP contribution in [-0.2, 0) is 21.3 Å². The Morgan fingerprint density at radius 3 is 2.50 bits per heavy atom. The van der Waals surface area contributed by atoms with Crippen LogP contribution in [0.5, 0.6) is 0 Å². The number of carbonyl (C=O) groups is 2. The van der Waals surface area contributed by atoms with E-state index in [1.54, 1.807) is 0 Å². The molecule has 0 radical (unpaired) electrons. The van der Waals surface area contributed by atoms with Gasteiger partial charge in [0, 0.05) is 21.8 Å². The molecular formula is C16H7ClF3NO3. The molecule has 122 valence electrons. The largest absolute Gasteiger partial charge is 0.435 e. The Morgan fingerprint density at radius 2 is 1.79 bits per heavy atom. The second-order valence-electron chi connectivity index (χ2n) is 5.47. The van der Waals surface area contributed by atoms with Gasteiger partial charge >= 0.3 is 12.1 Å². The number of rotatable bonds is 0. The third kappa shape index (κ3) is 1.81. The van der Waals surface area contributed by atoms with Crippen LogP contribution in [-0.4, -0.2) is 11.9 Å².